The fourth-order valence-corrected chi connectivity index (χ4v) is 4.39. The van der Waals surface area contributed by atoms with Gasteiger partial charge in [-0.3, -0.25) is 13.9 Å². The van der Waals surface area contributed by atoms with E-state index in [0.29, 0.717) is 16.6 Å². The van der Waals surface area contributed by atoms with E-state index in [1.54, 1.807) is 50.2 Å². The third-order valence-corrected chi connectivity index (χ3v) is 6.86. The summed E-state index contributed by atoms with van der Waals surface area (Å²) in [5, 5.41) is 3.67. The molecule has 2 amide bonds. The molecular weight excluding hydrogens is 485 g/mol. The summed E-state index contributed by atoms with van der Waals surface area (Å²) in [5.41, 5.74) is 1.77. The largest absolute Gasteiger partial charge is 0.354 e. The van der Waals surface area contributed by atoms with E-state index in [-0.39, 0.29) is 18.1 Å². The fraction of sp³-hybridized carbons (Fsp3) is 0.391. The fourth-order valence-electron chi connectivity index (χ4n) is 3.16. The molecule has 33 heavy (non-hydrogen) atoms. The third kappa shape index (κ3) is 7.62. The van der Waals surface area contributed by atoms with E-state index in [1.165, 1.54) is 11.0 Å². The number of benzene rings is 2. The lowest BCUT2D eigenvalue weighted by molar-refractivity contribution is -0.139. The van der Waals surface area contributed by atoms with E-state index in [0.717, 1.165) is 28.1 Å². The van der Waals surface area contributed by atoms with E-state index in [9.17, 15) is 18.0 Å². The molecule has 2 aromatic rings. The minimum atomic E-state index is -3.81. The second-order valence-electron chi connectivity index (χ2n) is 7.82. The summed E-state index contributed by atoms with van der Waals surface area (Å²) in [6.07, 6.45) is 1.77. The molecule has 1 N–H and O–H groups in total. The molecule has 0 heterocycles. The van der Waals surface area contributed by atoms with Gasteiger partial charge in [0.05, 0.1) is 11.9 Å². The molecule has 7 nitrogen and oxygen atoms in total. The van der Waals surface area contributed by atoms with Gasteiger partial charge in [0.2, 0.25) is 21.8 Å². The minimum Gasteiger partial charge on any atom is -0.354 e. The summed E-state index contributed by atoms with van der Waals surface area (Å²) in [7, 11) is -3.81. The maximum absolute atomic E-state index is 13.4. The Labute approximate surface area is 205 Å². The molecule has 0 spiro atoms. The van der Waals surface area contributed by atoms with Crippen LogP contribution in [-0.2, 0) is 26.2 Å². The van der Waals surface area contributed by atoms with Crippen LogP contribution in [0.4, 0.5) is 5.69 Å². The highest BCUT2D eigenvalue weighted by Gasteiger charge is 2.30. The average molecular weight is 514 g/mol. The van der Waals surface area contributed by atoms with Crippen molar-refractivity contribution in [2.45, 2.75) is 39.8 Å². The molecule has 0 unspecified atom stereocenters. The number of carbonyl (C=O) groups is 2. The maximum atomic E-state index is 13.4. The number of hydrogen-bond acceptors (Lipinski definition) is 4. The van der Waals surface area contributed by atoms with E-state index in [2.05, 4.69) is 5.32 Å². The number of nitrogens with one attached hydrogen (secondary N) is 1. The highest BCUT2D eigenvalue weighted by molar-refractivity contribution is 7.92. The van der Waals surface area contributed by atoms with Gasteiger partial charge in [-0.05, 0) is 55.7 Å². The first-order valence-electron chi connectivity index (χ1n) is 10.5. The lowest BCUT2D eigenvalue weighted by Gasteiger charge is -2.31. The van der Waals surface area contributed by atoms with Gasteiger partial charge in [0.15, 0.2) is 0 Å². The van der Waals surface area contributed by atoms with Crippen molar-refractivity contribution in [1.82, 2.24) is 10.2 Å². The van der Waals surface area contributed by atoms with Crippen molar-refractivity contribution >= 4 is 50.7 Å². The quantitative estimate of drug-likeness (QED) is 0.519. The number of rotatable bonds is 10. The van der Waals surface area contributed by atoms with Crippen molar-refractivity contribution in [3.63, 3.8) is 0 Å². The van der Waals surface area contributed by atoms with Crippen molar-refractivity contribution in [2.75, 3.05) is 23.7 Å². The van der Waals surface area contributed by atoms with Crippen molar-refractivity contribution in [3.8, 4) is 0 Å². The van der Waals surface area contributed by atoms with Crippen molar-refractivity contribution < 1.29 is 18.0 Å². The van der Waals surface area contributed by atoms with Gasteiger partial charge in [-0.1, -0.05) is 48.3 Å². The summed E-state index contributed by atoms with van der Waals surface area (Å²) < 4.78 is 26.1. The summed E-state index contributed by atoms with van der Waals surface area (Å²) in [6, 6.07) is 10.9. The molecule has 2 aromatic carbocycles. The van der Waals surface area contributed by atoms with Crippen LogP contribution in [0, 0.1) is 6.92 Å². The number of amides is 2. The minimum absolute atomic E-state index is 0.0896. The summed E-state index contributed by atoms with van der Waals surface area (Å²) in [5.74, 6) is -0.854. The van der Waals surface area contributed by atoms with Crippen LogP contribution in [0.2, 0.25) is 10.0 Å². The topological polar surface area (TPSA) is 86.8 Å². The molecule has 10 heteroatoms. The highest BCUT2D eigenvalue weighted by Crippen LogP contribution is 2.25. The first-order valence-corrected chi connectivity index (χ1v) is 13.1. The molecule has 0 aliphatic rings. The standard InChI is InChI=1S/C23H29Cl2N3O4S/c1-5-11-26-23(30)17(3)27(14-18-7-6-8-19(24)12-18)22(29)15-28(33(4,31)32)20-10-9-16(2)21(25)13-20/h6-10,12-13,17H,5,11,14-15H2,1-4H3,(H,26,30)/t17-/m1/s1. The highest BCUT2D eigenvalue weighted by atomic mass is 35.5. The van der Waals surface area contributed by atoms with E-state index >= 15 is 0 Å². The van der Waals surface area contributed by atoms with Crippen LogP contribution in [0.15, 0.2) is 42.5 Å². The van der Waals surface area contributed by atoms with Crippen LogP contribution in [0.25, 0.3) is 0 Å². The van der Waals surface area contributed by atoms with Crippen LogP contribution >= 0.6 is 23.2 Å². The molecule has 0 bridgehead atoms. The van der Waals surface area contributed by atoms with Crippen molar-refractivity contribution in [2.24, 2.45) is 0 Å². The number of sulfonamides is 1. The predicted molar refractivity (Wildman–Crippen MR) is 133 cm³/mol. The van der Waals surface area contributed by atoms with Gasteiger partial charge in [0.25, 0.3) is 0 Å². The number of halogens is 2. The van der Waals surface area contributed by atoms with Crippen LogP contribution in [0.1, 0.15) is 31.4 Å². The molecular formula is C23H29Cl2N3O4S. The molecule has 0 fully saturated rings. The van der Waals surface area contributed by atoms with Gasteiger partial charge in [0, 0.05) is 23.1 Å². The van der Waals surface area contributed by atoms with Crippen LogP contribution in [0.5, 0.6) is 0 Å². The molecule has 0 saturated heterocycles. The second-order valence-corrected chi connectivity index (χ2v) is 10.6. The van der Waals surface area contributed by atoms with Gasteiger partial charge < -0.3 is 10.2 Å². The normalized spacial score (nSPS) is 12.2. The Morgan fingerprint density at radius 2 is 1.82 bits per heavy atom. The zero-order valence-corrected chi connectivity index (χ0v) is 21.5. The smallest absolute Gasteiger partial charge is 0.244 e. The monoisotopic (exact) mass is 513 g/mol. The SMILES string of the molecule is CCCNC(=O)[C@@H](C)N(Cc1cccc(Cl)c1)C(=O)CN(c1ccc(C)c(Cl)c1)S(C)(=O)=O. The Morgan fingerprint density at radius 3 is 2.39 bits per heavy atom. The molecule has 1 atom stereocenters. The van der Waals surface area contributed by atoms with E-state index < -0.39 is 28.5 Å². The molecule has 0 saturated carbocycles. The van der Waals surface area contributed by atoms with Gasteiger partial charge in [-0.2, -0.15) is 0 Å². The van der Waals surface area contributed by atoms with Gasteiger partial charge in [-0.25, -0.2) is 8.42 Å². The van der Waals surface area contributed by atoms with Crippen molar-refractivity contribution in [3.05, 3.63) is 63.6 Å². The van der Waals surface area contributed by atoms with Crippen molar-refractivity contribution in [1.29, 1.82) is 0 Å². The first kappa shape index (κ1) is 27.0. The lowest BCUT2D eigenvalue weighted by atomic mass is 10.1. The number of hydrogen-bond donors (Lipinski definition) is 1. The molecule has 2 rings (SSSR count). The van der Waals surface area contributed by atoms with Crippen LogP contribution < -0.4 is 9.62 Å². The molecule has 0 aliphatic heterocycles. The lowest BCUT2D eigenvalue weighted by Crippen LogP contribution is -2.51. The van der Waals surface area contributed by atoms with Crippen LogP contribution in [0.3, 0.4) is 0 Å². The Morgan fingerprint density at radius 1 is 1.12 bits per heavy atom. The van der Waals surface area contributed by atoms with E-state index in [1.807, 2.05) is 6.92 Å². The number of carbonyl (C=O) groups excluding carboxylic acids is 2. The summed E-state index contributed by atoms with van der Waals surface area (Å²) in [6.45, 7) is 5.42. The molecule has 0 aromatic heterocycles. The maximum Gasteiger partial charge on any atom is 0.244 e. The predicted octanol–water partition coefficient (Wildman–Crippen LogP) is 4.01. The van der Waals surface area contributed by atoms with E-state index in [4.69, 9.17) is 23.2 Å². The Bertz CT molecular complexity index is 1110. The summed E-state index contributed by atoms with van der Waals surface area (Å²) >= 11 is 12.3. The number of aryl methyl sites for hydroxylation is 1. The van der Waals surface area contributed by atoms with Crippen LogP contribution in [-0.4, -0.2) is 50.5 Å². The zero-order chi connectivity index (χ0) is 24.8. The molecule has 180 valence electrons. The Balaban J connectivity index is 2.39. The summed E-state index contributed by atoms with van der Waals surface area (Å²) in [4.78, 5) is 27.4. The first-order chi connectivity index (χ1) is 15.4. The number of anilines is 1. The second kappa shape index (κ2) is 11.7. The zero-order valence-electron chi connectivity index (χ0n) is 19.1. The third-order valence-electron chi connectivity index (χ3n) is 5.08. The Kier molecular flexibility index (Phi) is 9.57. The van der Waals surface area contributed by atoms with Gasteiger partial charge in [-0.15, -0.1) is 0 Å². The molecule has 0 radical (unpaired) electrons. The average Bonchev–Trinajstić information content (AvgIpc) is 2.74. The number of nitrogens with zero attached hydrogens (tertiary/aromatic N) is 2. The Hall–Kier alpha value is -2.29. The van der Waals surface area contributed by atoms with Gasteiger partial charge >= 0.3 is 0 Å². The van der Waals surface area contributed by atoms with Gasteiger partial charge in [0.1, 0.15) is 12.6 Å². The molecule has 0 aliphatic carbocycles.